The van der Waals surface area contributed by atoms with Gasteiger partial charge in [0, 0.05) is 60.4 Å². The molecule has 1 aliphatic heterocycles. The number of ketones is 1. The minimum absolute atomic E-state index is 0.0559. The predicted molar refractivity (Wildman–Crippen MR) is 181 cm³/mol. The van der Waals surface area contributed by atoms with Crippen LogP contribution in [0.4, 0.5) is 0 Å². The Kier molecular flexibility index (Phi) is 9.21. The van der Waals surface area contributed by atoms with Gasteiger partial charge >= 0.3 is 0 Å². The fourth-order valence-electron chi connectivity index (χ4n) is 6.01. The third kappa shape index (κ3) is 7.13. The molecule has 0 atom stereocenters. The number of nitrogens with two attached hydrogens (primary N) is 1. The number of amides is 2. The molecule has 0 bridgehead atoms. The molecule has 238 valence electrons. The molecule has 10 heteroatoms. The van der Waals surface area contributed by atoms with Crippen molar-refractivity contribution in [2.75, 3.05) is 13.1 Å². The van der Waals surface area contributed by atoms with Gasteiger partial charge in [-0.3, -0.25) is 25.2 Å². The van der Waals surface area contributed by atoms with Crippen LogP contribution in [0, 0.1) is 5.41 Å². The van der Waals surface area contributed by atoms with Crippen molar-refractivity contribution in [1.29, 1.82) is 5.41 Å². The summed E-state index contributed by atoms with van der Waals surface area (Å²) in [4.78, 5) is 43.5. The summed E-state index contributed by atoms with van der Waals surface area (Å²) < 4.78 is 2.01. The molecule has 6 rings (SSSR count). The standard InChI is InChI=1S/C37H37N7O3/c1-43-32-16-14-28(37(47)42-44-20-18-29(19-21-44)40-36(46)26-10-6-3-7-11-26)23-31(32)41-33(43)17-15-24-12-13-27(22-30(24)35(38)39)34(45)25-8-4-2-5-9-25/h2-14,16,22-23,29H,15,17-21H2,1H3,(H3,38,39)(H,40,46)(H,42,47). The molecular weight excluding hydrogens is 590 g/mol. The van der Waals surface area contributed by atoms with E-state index in [1.165, 1.54) is 0 Å². The van der Waals surface area contributed by atoms with Gasteiger partial charge in [0.05, 0.1) is 11.0 Å². The van der Waals surface area contributed by atoms with Crippen LogP contribution < -0.4 is 16.5 Å². The number of carbonyl (C=O) groups is 3. The Labute approximate surface area is 273 Å². The quantitative estimate of drug-likeness (QED) is 0.103. The highest BCUT2D eigenvalue weighted by Gasteiger charge is 2.23. The fraction of sp³-hybridized carbons (Fsp3) is 0.216. The summed E-state index contributed by atoms with van der Waals surface area (Å²) in [5.74, 6) is 0.332. The summed E-state index contributed by atoms with van der Waals surface area (Å²) in [7, 11) is 1.94. The predicted octanol–water partition coefficient (Wildman–Crippen LogP) is 4.41. The van der Waals surface area contributed by atoms with Crippen LogP contribution in [0.1, 0.15) is 66.4 Å². The summed E-state index contributed by atoms with van der Waals surface area (Å²) in [5.41, 5.74) is 14.2. The molecule has 5 aromatic rings. The van der Waals surface area contributed by atoms with Gasteiger partial charge in [0.25, 0.3) is 11.8 Å². The summed E-state index contributed by atoms with van der Waals surface area (Å²) in [6, 6.07) is 29.1. The van der Waals surface area contributed by atoms with Crippen molar-refractivity contribution in [3.63, 3.8) is 0 Å². The molecule has 10 nitrogen and oxygen atoms in total. The zero-order valence-electron chi connectivity index (χ0n) is 26.2. The first-order chi connectivity index (χ1) is 22.8. The Morgan fingerprint density at radius 3 is 2.15 bits per heavy atom. The van der Waals surface area contributed by atoms with Gasteiger partial charge in [-0.25, -0.2) is 9.99 Å². The number of carbonyl (C=O) groups excluding carboxylic acids is 3. The fourth-order valence-corrected chi connectivity index (χ4v) is 6.01. The van der Waals surface area contributed by atoms with Crippen molar-refractivity contribution in [2.24, 2.45) is 12.8 Å². The minimum Gasteiger partial charge on any atom is -0.384 e. The van der Waals surface area contributed by atoms with Gasteiger partial charge in [-0.15, -0.1) is 0 Å². The number of aromatic nitrogens is 2. The second-order valence-corrected chi connectivity index (χ2v) is 11.8. The molecule has 2 amide bonds. The lowest BCUT2D eigenvalue weighted by molar-refractivity contribution is 0.0702. The highest BCUT2D eigenvalue weighted by molar-refractivity contribution is 6.10. The third-order valence-electron chi connectivity index (χ3n) is 8.68. The van der Waals surface area contributed by atoms with Gasteiger partial charge in [-0.2, -0.15) is 0 Å². The van der Waals surface area contributed by atoms with E-state index in [1.54, 1.807) is 48.5 Å². The van der Waals surface area contributed by atoms with Crippen molar-refractivity contribution in [1.82, 2.24) is 25.3 Å². The maximum absolute atomic E-state index is 13.2. The minimum atomic E-state index is -0.206. The number of nitrogen functional groups attached to an aromatic ring is 1. The average Bonchev–Trinajstić information content (AvgIpc) is 3.42. The van der Waals surface area contributed by atoms with Crippen LogP contribution >= 0.6 is 0 Å². The lowest BCUT2D eigenvalue weighted by Gasteiger charge is -2.32. The normalized spacial score (nSPS) is 13.7. The van der Waals surface area contributed by atoms with Crippen LogP contribution in [0.5, 0.6) is 0 Å². The smallest absolute Gasteiger partial charge is 0.265 e. The largest absolute Gasteiger partial charge is 0.384 e. The lowest BCUT2D eigenvalue weighted by atomic mass is 9.95. The molecule has 47 heavy (non-hydrogen) atoms. The summed E-state index contributed by atoms with van der Waals surface area (Å²) in [5, 5.41) is 13.1. The third-order valence-corrected chi connectivity index (χ3v) is 8.68. The first kappa shape index (κ1) is 31.4. The molecule has 1 aromatic heterocycles. The van der Waals surface area contributed by atoms with Crippen LogP contribution in [0.2, 0.25) is 0 Å². The van der Waals surface area contributed by atoms with Crippen molar-refractivity contribution in [2.45, 2.75) is 31.7 Å². The Hall–Kier alpha value is -5.61. The van der Waals surface area contributed by atoms with E-state index in [9.17, 15) is 14.4 Å². The molecule has 0 unspecified atom stereocenters. The van der Waals surface area contributed by atoms with Crippen molar-refractivity contribution < 1.29 is 14.4 Å². The maximum atomic E-state index is 13.2. The molecule has 0 aliphatic carbocycles. The summed E-state index contributed by atoms with van der Waals surface area (Å²) in [6.07, 6.45) is 2.62. The number of nitrogens with zero attached hydrogens (tertiary/aromatic N) is 3. The number of hydrazine groups is 1. The number of aryl methyl sites for hydroxylation is 3. The second kappa shape index (κ2) is 13.8. The van der Waals surface area contributed by atoms with E-state index in [0.29, 0.717) is 59.3 Å². The van der Waals surface area contributed by atoms with Gasteiger partial charge in [0.1, 0.15) is 11.7 Å². The van der Waals surface area contributed by atoms with Crippen LogP contribution in [0.3, 0.4) is 0 Å². The van der Waals surface area contributed by atoms with Crippen LogP contribution in [0.25, 0.3) is 11.0 Å². The van der Waals surface area contributed by atoms with Crippen molar-refractivity contribution in [3.8, 4) is 0 Å². The molecule has 0 spiro atoms. The van der Waals surface area contributed by atoms with Crippen LogP contribution in [0.15, 0.2) is 97.1 Å². The topological polar surface area (TPSA) is 146 Å². The number of hydrogen-bond acceptors (Lipinski definition) is 6. The Morgan fingerprint density at radius 2 is 1.47 bits per heavy atom. The van der Waals surface area contributed by atoms with E-state index in [1.807, 2.05) is 65.2 Å². The number of amidine groups is 1. The van der Waals surface area contributed by atoms with Crippen LogP contribution in [-0.2, 0) is 19.9 Å². The first-order valence-corrected chi connectivity index (χ1v) is 15.7. The second-order valence-electron chi connectivity index (χ2n) is 11.8. The summed E-state index contributed by atoms with van der Waals surface area (Å²) in [6.45, 7) is 1.26. The molecule has 0 saturated carbocycles. The highest BCUT2D eigenvalue weighted by atomic mass is 16.2. The van der Waals surface area contributed by atoms with E-state index in [0.717, 1.165) is 29.7 Å². The molecule has 5 N–H and O–H groups in total. The van der Waals surface area contributed by atoms with Gasteiger partial charge in [-0.1, -0.05) is 60.7 Å². The van der Waals surface area contributed by atoms with E-state index >= 15 is 0 Å². The molecule has 1 saturated heterocycles. The summed E-state index contributed by atoms with van der Waals surface area (Å²) >= 11 is 0. The zero-order chi connectivity index (χ0) is 32.9. The number of imidazole rings is 1. The van der Waals surface area contributed by atoms with Gasteiger partial charge in [-0.05, 0) is 61.2 Å². The molecule has 1 fully saturated rings. The maximum Gasteiger partial charge on any atom is 0.265 e. The van der Waals surface area contributed by atoms with Crippen molar-refractivity contribution in [3.05, 3.63) is 136 Å². The van der Waals surface area contributed by atoms with E-state index in [2.05, 4.69) is 10.7 Å². The Bertz CT molecular complexity index is 1950. The van der Waals surface area contributed by atoms with E-state index in [-0.39, 0.29) is 29.5 Å². The average molecular weight is 628 g/mol. The number of nitrogens with one attached hydrogen (secondary N) is 3. The Morgan fingerprint density at radius 1 is 0.809 bits per heavy atom. The number of benzene rings is 4. The first-order valence-electron chi connectivity index (χ1n) is 15.7. The number of piperidine rings is 1. The molecule has 2 heterocycles. The molecule has 4 aromatic carbocycles. The number of rotatable bonds is 10. The molecule has 0 radical (unpaired) electrons. The highest BCUT2D eigenvalue weighted by Crippen LogP contribution is 2.21. The zero-order valence-corrected chi connectivity index (χ0v) is 26.2. The monoisotopic (exact) mass is 627 g/mol. The van der Waals surface area contributed by atoms with E-state index in [4.69, 9.17) is 16.1 Å². The van der Waals surface area contributed by atoms with E-state index < -0.39 is 0 Å². The van der Waals surface area contributed by atoms with Gasteiger partial charge < -0.3 is 15.6 Å². The molecular formula is C37H37N7O3. The SMILES string of the molecule is Cn1c(CCc2ccc(C(=O)c3ccccc3)cc2C(=N)N)nc2cc(C(=O)NN3CCC(NC(=O)c4ccccc4)CC3)ccc21. The van der Waals surface area contributed by atoms with Gasteiger partial charge in [0.2, 0.25) is 0 Å². The van der Waals surface area contributed by atoms with Crippen LogP contribution in [-0.4, -0.2) is 57.1 Å². The Balaban J connectivity index is 1.07. The molecule has 1 aliphatic rings. The number of hydrogen-bond donors (Lipinski definition) is 4. The van der Waals surface area contributed by atoms with Gasteiger partial charge in [0.15, 0.2) is 5.78 Å². The lowest BCUT2D eigenvalue weighted by Crippen LogP contribution is -2.51. The van der Waals surface area contributed by atoms with Crippen molar-refractivity contribution >= 4 is 34.5 Å². The number of fused-ring (bicyclic) bond motifs is 1.